The molecule has 4 heteroatoms. The summed E-state index contributed by atoms with van der Waals surface area (Å²) in [5.41, 5.74) is 10.1. The molecule has 0 unspecified atom stereocenters. The third-order valence-electron chi connectivity index (χ3n) is 10.3. The number of fused-ring (bicyclic) bond motifs is 10. The molecule has 3 aromatic heterocycles. The topological polar surface area (TPSA) is 16.4 Å². The van der Waals surface area contributed by atoms with Crippen molar-refractivity contribution in [3.63, 3.8) is 0 Å². The minimum Gasteiger partial charge on any atom is -0.455 e. The van der Waals surface area contributed by atoms with E-state index in [2.05, 4.69) is 175 Å². The van der Waals surface area contributed by atoms with Crippen molar-refractivity contribution in [3.05, 3.63) is 176 Å². The van der Waals surface area contributed by atoms with Gasteiger partial charge in [0.25, 0.3) is 0 Å². The van der Waals surface area contributed by atoms with Crippen molar-refractivity contribution in [2.24, 2.45) is 0 Å². The lowest BCUT2D eigenvalue weighted by atomic mass is 9.98. The Labute approximate surface area is 308 Å². The number of benzene rings is 8. The molecular formula is C48H29NOS2. The van der Waals surface area contributed by atoms with E-state index in [9.17, 15) is 0 Å². The predicted molar refractivity (Wildman–Crippen MR) is 225 cm³/mol. The second kappa shape index (κ2) is 11.7. The van der Waals surface area contributed by atoms with E-state index in [0.717, 1.165) is 33.3 Å². The normalized spacial score (nSPS) is 11.8. The summed E-state index contributed by atoms with van der Waals surface area (Å²) in [6, 6.07) is 63.6. The predicted octanol–water partition coefficient (Wildman–Crippen LogP) is 15.1. The monoisotopic (exact) mass is 699 g/mol. The van der Waals surface area contributed by atoms with Crippen molar-refractivity contribution in [1.29, 1.82) is 0 Å². The van der Waals surface area contributed by atoms with E-state index in [1.807, 2.05) is 28.7 Å². The molecule has 8 aromatic carbocycles. The zero-order valence-corrected chi connectivity index (χ0v) is 29.5. The lowest BCUT2D eigenvalue weighted by molar-refractivity contribution is 0.673. The number of hydrogen-bond donors (Lipinski definition) is 0. The van der Waals surface area contributed by atoms with E-state index in [-0.39, 0.29) is 0 Å². The number of anilines is 3. The molecule has 0 spiro atoms. The van der Waals surface area contributed by atoms with Crippen LogP contribution in [0.2, 0.25) is 0 Å². The molecule has 0 N–H and O–H groups in total. The van der Waals surface area contributed by atoms with Crippen molar-refractivity contribution < 1.29 is 4.42 Å². The minimum absolute atomic E-state index is 0.922. The Morgan fingerprint density at radius 2 is 0.981 bits per heavy atom. The summed E-state index contributed by atoms with van der Waals surface area (Å²) < 4.78 is 11.7. The van der Waals surface area contributed by atoms with Crippen LogP contribution in [-0.2, 0) is 0 Å². The van der Waals surface area contributed by atoms with Gasteiger partial charge in [0.1, 0.15) is 11.2 Å². The van der Waals surface area contributed by atoms with Crippen molar-refractivity contribution >= 4 is 102 Å². The molecule has 52 heavy (non-hydrogen) atoms. The Morgan fingerprint density at radius 1 is 0.404 bits per heavy atom. The molecule has 11 rings (SSSR count). The molecule has 2 nitrogen and oxygen atoms in total. The number of rotatable bonds is 5. The molecule has 244 valence electrons. The van der Waals surface area contributed by atoms with Gasteiger partial charge in [-0.1, -0.05) is 115 Å². The molecule has 0 radical (unpaired) electrons. The van der Waals surface area contributed by atoms with Gasteiger partial charge in [-0.15, -0.1) is 22.7 Å². The van der Waals surface area contributed by atoms with E-state index < -0.39 is 0 Å². The van der Waals surface area contributed by atoms with Crippen LogP contribution in [0, 0.1) is 0 Å². The molecule has 0 bridgehead atoms. The first-order chi connectivity index (χ1) is 25.8. The van der Waals surface area contributed by atoms with E-state index in [1.165, 1.54) is 68.3 Å². The van der Waals surface area contributed by atoms with Gasteiger partial charge in [-0.05, 0) is 77.4 Å². The second-order valence-corrected chi connectivity index (χ2v) is 15.4. The van der Waals surface area contributed by atoms with Crippen molar-refractivity contribution in [3.8, 4) is 22.3 Å². The Balaban J connectivity index is 1.11. The molecule has 0 saturated heterocycles. The first kappa shape index (κ1) is 29.5. The van der Waals surface area contributed by atoms with Gasteiger partial charge in [-0.25, -0.2) is 0 Å². The summed E-state index contributed by atoms with van der Waals surface area (Å²) in [6.07, 6.45) is 0. The van der Waals surface area contributed by atoms with Gasteiger partial charge < -0.3 is 9.32 Å². The maximum atomic E-state index is 6.57. The minimum atomic E-state index is 0.922. The van der Waals surface area contributed by atoms with Crippen LogP contribution in [0.4, 0.5) is 17.1 Å². The third kappa shape index (κ3) is 4.55. The van der Waals surface area contributed by atoms with E-state index in [0.29, 0.717) is 0 Å². The fourth-order valence-corrected chi connectivity index (χ4v) is 10.2. The van der Waals surface area contributed by atoms with Crippen LogP contribution < -0.4 is 4.90 Å². The SMILES string of the molecule is c1ccc(-c2ccc(N(c3ccc(-c4cc5c6ccccc6oc5c5c4sc4ccccc45)cc3)c3cccc4sc5ccccc5c34)cc2)cc1. The van der Waals surface area contributed by atoms with Crippen molar-refractivity contribution in [1.82, 2.24) is 0 Å². The van der Waals surface area contributed by atoms with Crippen LogP contribution >= 0.6 is 22.7 Å². The van der Waals surface area contributed by atoms with Crippen LogP contribution in [0.25, 0.3) is 84.5 Å². The highest BCUT2D eigenvalue weighted by molar-refractivity contribution is 7.26. The smallest absolute Gasteiger partial charge is 0.144 e. The molecule has 0 aliphatic rings. The number of nitrogens with zero attached hydrogens (tertiary/aromatic N) is 1. The summed E-state index contributed by atoms with van der Waals surface area (Å²) in [5, 5.41) is 7.31. The van der Waals surface area contributed by atoms with Crippen molar-refractivity contribution in [2.45, 2.75) is 0 Å². The van der Waals surface area contributed by atoms with Gasteiger partial charge in [-0.2, -0.15) is 0 Å². The van der Waals surface area contributed by atoms with E-state index in [4.69, 9.17) is 4.42 Å². The first-order valence-corrected chi connectivity index (χ1v) is 19.1. The average molecular weight is 700 g/mol. The van der Waals surface area contributed by atoms with Crippen molar-refractivity contribution in [2.75, 3.05) is 4.90 Å². The fraction of sp³-hybridized carbons (Fsp3) is 0. The van der Waals surface area contributed by atoms with Gasteiger partial charge in [0, 0.05) is 68.1 Å². The number of thiophene rings is 2. The Morgan fingerprint density at radius 3 is 1.73 bits per heavy atom. The molecule has 0 aliphatic carbocycles. The highest BCUT2D eigenvalue weighted by atomic mass is 32.1. The zero-order valence-electron chi connectivity index (χ0n) is 27.9. The maximum Gasteiger partial charge on any atom is 0.144 e. The average Bonchev–Trinajstić information content (AvgIpc) is 3.90. The number of hydrogen-bond acceptors (Lipinski definition) is 4. The van der Waals surface area contributed by atoms with E-state index >= 15 is 0 Å². The molecular weight excluding hydrogens is 671 g/mol. The lowest BCUT2D eigenvalue weighted by Gasteiger charge is -2.27. The van der Waals surface area contributed by atoms with Crippen LogP contribution in [0.15, 0.2) is 180 Å². The molecule has 0 amide bonds. The molecule has 0 aliphatic heterocycles. The fourth-order valence-electron chi connectivity index (χ4n) is 7.87. The van der Waals surface area contributed by atoms with Gasteiger partial charge in [0.15, 0.2) is 0 Å². The summed E-state index contributed by atoms with van der Waals surface area (Å²) in [4.78, 5) is 2.42. The molecule has 0 atom stereocenters. The Kier molecular flexibility index (Phi) is 6.63. The van der Waals surface area contributed by atoms with Crippen LogP contribution in [-0.4, -0.2) is 0 Å². The number of furan rings is 1. The summed E-state index contributed by atoms with van der Waals surface area (Å²) in [5.74, 6) is 0. The first-order valence-electron chi connectivity index (χ1n) is 17.5. The highest BCUT2D eigenvalue weighted by Crippen LogP contribution is 2.48. The molecule has 3 heterocycles. The third-order valence-corrected chi connectivity index (χ3v) is 12.6. The highest BCUT2D eigenvalue weighted by Gasteiger charge is 2.21. The Bertz CT molecular complexity index is 3110. The van der Waals surface area contributed by atoms with Gasteiger partial charge in [-0.3, -0.25) is 0 Å². The quantitative estimate of drug-likeness (QED) is 0.178. The second-order valence-electron chi connectivity index (χ2n) is 13.2. The maximum absolute atomic E-state index is 6.57. The van der Waals surface area contributed by atoms with Gasteiger partial charge >= 0.3 is 0 Å². The lowest BCUT2D eigenvalue weighted by Crippen LogP contribution is -2.10. The van der Waals surface area contributed by atoms with Gasteiger partial charge in [0.2, 0.25) is 0 Å². The standard InChI is InChI=1S/C48H29NOS2/c1-2-11-30(12-3-1)31-21-25-33(26-22-31)49(40-16-10-20-44-45(40)36-14-5-8-18-42(36)51-44)34-27-23-32(24-28-34)38-29-39-35-13-4-7-17-41(35)50-47(39)46-37-15-6-9-19-43(37)52-48(38)46/h1-29H. The van der Waals surface area contributed by atoms with Crippen LogP contribution in [0.3, 0.4) is 0 Å². The van der Waals surface area contributed by atoms with Gasteiger partial charge in [0.05, 0.1) is 5.69 Å². The summed E-state index contributed by atoms with van der Waals surface area (Å²) in [6.45, 7) is 0. The molecule has 0 fully saturated rings. The summed E-state index contributed by atoms with van der Waals surface area (Å²) in [7, 11) is 0. The van der Waals surface area contributed by atoms with Crippen LogP contribution in [0.1, 0.15) is 0 Å². The number of para-hydroxylation sites is 1. The largest absolute Gasteiger partial charge is 0.455 e. The molecule has 0 saturated carbocycles. The van der Waals surface area contributed by atoms with E-state index in [1.54, 1.807) is 0 Å². The Hall–Kier alpha value is -6.20. The molecule has 11 aromatic rings. The summed E-state index contributed by atoms with van der Waals surface area (Å²) >= 11 is 3.70. The zero-order chi connectivity index (χ0) is 34.2. The van der Waals surface area contributed by atoms with Crippen LogP contribution in [0.5, 0.6) is 0 Å².